The van der Waals surface area contributed by atoms with Gasteiger partial charge >= 0.3 is 0 Å². The van der Waals surface area contributed by atoms with Gasteiger partial charge in [0, 0.05) is 0 Å². The van der Waals surface area contributed by atoms with E-state index in [1.54, 1.807) is 20.8 Å². The van der Waals surface area contributed by atoms with Crippen LogP contribution in [0.4, 0.5) is 0 Å². The minimum atomic E-state index is -0.704. The normalized spacial score (nSPS) is 18.6. The van der Waals surface area contributed by atoms with Crippen LogP contribution >= 0.6 is 0 Å². The molecule has 1 heterocycles. The van der Waals surface area contributed by atoms with Gasteiger partial charge in [-0.25, -0.2) is 0 Å². The number of nitrogens with one attached hydrogen (secondary N) is 1. The number of hydrogen-bond donors (Lipinski definition) is 2. The Morgan fingerprint density at radius 2 is 1.67 bits per heavy atom. The fraction of sp³-hybridized carbons (Fsp3) is 0.500. The molecule has 12 heavy (non-hydrogen) atoms. The number of carbonyl (C=O) groups excluding carboxylic acids is 2. The first-order valence-electron chi connectivity index (χ1n) is 3.63. The van der Waals surface area contributed by atoms with E-state index in [0.717, 1.165) is 0 Å². The van der Waals surface area contributed by atoms with Crippen molar-refractivity contribution in [2.75, 3.05) is 0 Å². The lowest BCUT2D eigenvalue weighted by Gasteiger charge is -2.17. The topological polar surface area (TPSA) is 66.4 Å². The van der Waals surface area contributed by atoms with E-state index in [1.807, 2.05) is 5.32 Å². The van der Waals surface area contributed by atoms with E-state index in [0.29, 0.717) is 0 Å². The first kappa shape index (κ1) is 8.77. The lowest BCUT2D eigenvalue weighted by Crippen LogP contribution is -2.26. The molecule has 1 aliphatic rings. The van der Waals surface area contributed by atoms with Gasteiger partial charge in [-0.3, -0.25) is 14.9 Å². The van der Waals surface area contributed by atoms with E-state index in [1.165, 1.54) is 0 Å². The highest BCUT2D eigenvalue weighted by atomic mass is 16.3. The number of rotatable bonds is 0. The monoisotopic (exact) mass is 169 g/mol. The van der Waals surface area contributed by atoms with E-state index in [4.69, 9.17) is 0 Å². The Bertz CT molecular complexity index is 283. The van der Waals surface area contributed by atoms with Crippen molar-refractivity contribution in [2.24, 2.45) is 5.41 Å². The lowest BCUT2D eigenvalue weighted by atomic mass is 9.86. The Morgan fingerprint density at radius 1 is 1.17 bits per heavy atom. The molecule has 0 atom stereocenters. The summed E-state index contributed by atoms with van der Waals surface area (Å²) < 4.78 is 0. The molecule has 4 nitrogen and oxygen atoms in total. The van der Waals surface area contributed by atoms with Gasteiger partial charge in [-0.05, 0) is 5.41 Å². The zero-order chi connectivity index (χ0) is 9.52. The van der Waals surface area contributed by atoms with Crippen LogP contribution in [-0.4, -0.2) is 16.9 Å². The highest BCUT2D eigenvalue weighted by Crippen LogP contribution is 2.29. The third kappa shape index (κ3) is 1.20. The summed E-state index contributed by atoms with van der Waals surface area (Å²) in [7, 11) is 0. The largest absolute Gasteiger partial charge is 0.503 e. The summed E-state index contributed by atoms with van der Waals surface area (Å²) >= 11 is 0. The smallest absolute Gasteiger partial charge is 0.293 e. The average Bonchev–Trinajstić information content (AvgIpc) is 2.05. The Balaban J connectivity index is 3.18. The molecule has 0 saturated heterocycles. The molecule has 2 amide bonds. The van der Waals surface area contributed by atoms with Crippen molar-refractivity contribution in [2.45, 2.75) is 20.8 Å². The summed E-state index contributed by atoms with van der Waals surface area (Å²) in [5.74, 6) is -1.65. The SMILES string of the molecule is CC(C)(C)C1=C(O)C(=O)NC1=O. The summed E-state index contributed by atoms with van der Waals surface area (Å²) in [4.78, 5) is 21.9. The summed E-state index contributed by atoms with van der Waals surface area (Å²) in [5, 5.41) is 11.2. The molecule has 0 aromatic heterocycles. The number of amides is 2. The van der Waals surface area contributed by atoms with Crippen molar-refractivity contribution >= 4 is 11.8 Å². The van der Waals surface area contributed by atoms with Crippen molar-refractivity contribution in [1.29, 1.82) is 0 Å². The van der Waals surface area contributed by atoms with E-state index in [2.05, 4.69) is 0 Å². The second-order valence-electron chi connectivity index (χ2n) is 3.76. The molecule has 0 fully saturated rings. The Labute approximate surface area is 70.3 Å². The highest BCUT2D eigenvalue weighted by molar-refractivity contribution is 6.18. The minimum absolute atomic E-state index is 0.160. The number of aliphatic hydroxyl groups is 1. The van der Waals surface area contributed by atoms with Gasteiger partial charge in [0.2, 0.25) is 0 Å². The zero-order valence-electron chi connectivity index (χ0n) is 7.26. The molecule has 1 rings (SSSR count). The summed E-state index contributed by atoms with van der Waals surface area (Å²) in [6.45, 7) is 5.28. The van der Waals surface area contributed by atoms with Crippen molar-refractivity contribution < 1.29 is 14.7 Å². The van der Waals surface area contributed by atoms with Crippen LogP contribution in [0.5, 0.6) is 0 Å². The quantitative estimate of drug-likeness (QED) is 0.519. The maximum Gasteiger partial charge on any atom is 0.293 e. The maximum absolute atomic E-state index is 11.1. The third-order valence-corrected chi connectivity index (χ3v) is 1.66. The van der Waals surface area contributed by atoms with Crippen LogP contribution in [0.25, 0.3) is 0 Å². The van der Waals surface area contributed by atoms with Crippen molar-refractivity contribution in [3.05, 3.63) is 11.3 Å². The molecule has 1 aliphatic heterocycles. The second kappa shape index (κ2) is 2.33. The minimum Gasteiger partial charge on any atom is -0.503 e. The fourth-order valence-corrected chi connectivity index (χ4v) is 1.14. The molecule has 0 radical (unpaired) electrons. The number of imide groups is 1. The van der Waals surface area contributed by atoms with Gasteiger partial charge in [-0.2, -0.15) is 0 Å². The molecule has 0 bridgehead atoms. The van der Waals surface area contributed by atoms with E-state index in [9.17, 15) is 14.7 Å². The Morgan fingerprint density at radius 3 is 1.83 bits per heavy atom. The first-order chi connectivity index (χ1) is 5.34. The first-order valence-corrected chi connectivity index (χ1v) is 3.63. The molecule has 66 valence electrons. The molecular formula is C8H11NO3. The molecule has 0 aliphatic carbocycles. The molecule has 0 saturated carbocycles. The number of carbonyl (C=O) groups is 2. The van der Waals surface area contributed by atoms with Gasteiger partial charge < -0.3 is 5.11 Å². The van der Waals surface area contributed by atoms with Crippen LogP contribution in [0.3, 0.4) is 0 Å². The lowest BCUT2D eigenvalue weighted by molar-refractivity contribution is -0.125. The predicted molar refractivity (Wildman–Crippen MR) is 42.3 cm³/mol. The highest BCUT2D eigenvalue weighted by Gasteiger charge is 2.37. The molecular weight excluding hydrogens is 158 g/mol. The Kier molecular flexibility index (Phi) is 1.71. The predicted octanol–water partition coefficient (Wildman–Crippen LogP) is 0.501. The van der Waals surface area contributed by atoms with Gasteiger partial charge in [0.1, 0.15) is 0 Å². The van der Waals surface area contributed by atoms with Crippen molar-refractivity contribution in [3.63, 3.8) is 0 Å². The van der Waals surface area contributed by atoms with Crippen LogP contribution in [-0.2, 0) is 9.59 Å². The van der Waals surface area contributed by atoms with Crippen LogP contribution in [0.1, 0.15) is 20.8 Å². The number of aliphatic hydroxyl groups excluding tert-OH is 1. The van der Waals surface area contributed by atoms with Gasteiger partial charge in [0.05, 0.1) is 5.57 Å². The third-order valence-electron chi connectivity index (χ3n) is 1.66. The fourth-order valence-electron chi connectivity index (χ4n) is 1.14. The number of hydrogen-bond acceptors (Lipinski definition) is 3. The van der Waals surface area contributed by atoms with Crippen LogP contribution in [0, 0.1) is 5.41 Å². The molecule has 0 aromatic rings. The van der Waals surface area contributed by atoms with Crippen LogP contribution < -0.4 is 5.32 Å². The maximum atomic E-state index is 11.1. The van der Waals surface area contributed by atoms with Crippen molar-refractivity contribution in [3.8, 4) is 0 Å². The standard InChI is InChI=1S/C8H11NO3/c1-8(2,3)4-5(10)7(12)9-6(4)11/h1-3H3,(H2,9,10,11,12). The average molecular weight is 169 g/mol. The summed E-state index contributed by atoms with van der Waals surface area (Å²) in [6.07, 6.45) is 0. The van der Waals surface area contributed by atoms with Gasteiger partial charge in [0.15, 0.2) is 5.76 Å². The molecule has 0 aromatic carbocycles. The van der Waals surface area contributed by atoms with E-state index in [-0.39, 0.29) is 5.57 Å². The van der Waals surface area contributed by atoms with Gasteiger partial charge in [0.25, 0.3) is 11.8 Å². The van der Waals surface area contributed by atoms with Crippen LogP contribution in [0.15, 0.2) is 11.3 Å². The van der Waals surface area contributed by atoms with E-state index < -0.39 is 23.0 Å². The van der Waals surface area contributed by atoms with Gasteiger partial charge in [-0.1, -0.05) is 20.8 Å². The summed E-state index contributed by atoms with van der Waals surface area (Å²) in [5.41, 5.74) is -0.340. The zero-order valence-corrected chi connectivity index (χ0v) is 7.26. The van der Waals surface area contributed by atoms with Crippen LogP contribution in [0.2, 0.25) is 0 Å². The van der Waals surface area contributed by atoms with Gasteiger partial charge in [-0.15, -0.1) is 0 Å². The Hall–Kier alpha value is -1.32. The molecule has 0 unspecified atom stereocenters. The second-order valence-corrected chi connectivity index (χ2v) is 3.76. The summed E-state index contributed by atoms with van der Waals surface area (Å²) in [6, 6.07) is 0. The molecule has 4 heteroatoms. The molecule has 2 N–H and O–H groups in total. The van der Waals surface area contributed by atoms with E-state index >= 15 is 0 Å². The molecule has 0 spiro atoms. The van der Waals surface area contributed by atoms with Crippen molar-refractivity contribution in [1.82, 2.24) is 5.32 Å².